The summed E-state index contributed by atoms with van der Waals surface area (Å²) >= 11 is 0. The van der Waals surface area contributed by atoms with Crippen LogP contribution in [0.4, 0.5) is 9.59 Å². The molecule has 0 aromatic carbocycles. The molecule has 2 atom stereocenters. The summed E-state index contributed by atoms with van der Waals surface area (Å²) in [6, 6.07) is -0.415. The van der Waals surface area contributed by atoms with Crippen molar-refractivity contribution in [3.05, 3.63) is 0 Å². The van der Waals surface area contributed by atoms with Crippen molar-refractivity contribution in [1.29, 1.82) is 0 Å². The van der Waals surface area contributed by atoms with Crippen molar-refractivity contribution >= 4 is 12.1 Å². The second-order valence-corrected chi connectivity index (χ2v) is 3.84. The second-order valence-electron chi connectivity index (χ2n) is 3.84. The number of hydrogen-bond donors (Lipinski definition) is 1. The summed E-state index contributed by atoms with van der Waals surface area (Å²) in [6.45, 7) is -0.379. The molecule has 4 amide bonds. The number of hydrogen-bond acceptors (Lipinski definition) is 3. The first-order valence-corrected chi connectivity index (χ1v) is 4.64. The van der Waals surface area contributed by atoms with Gasteiger partial charge in [0, 0.05) is 21.1 Å². The van der Waals surface area contributed by atoms with Gasteiger partial charge in [-0.05, 0) is 0 Å². The molecule has 0 aromatic heterocycles. The molecule has 2 fully saturated rings. The Kier molecular flexibility index (Phi) is 2.00. The lowest BCUT2D eigenvalue weighted by Crippen LogP contribution is -2.44. The topological polar surface area (TPSA) is 67.3 Å². The number of rotatable bonds is 1. The molecule has 0 spiro atoms. The van der Waals surface area contributed by atoms with Crippen molar-refractivity contribution in [3.63, 3.8) is 0 Å². The van der Waals surface area contributed by atoms with Crippen molar-refractivity contribution in [2.24, 2.45) is 0 Å². The van der Waals surface area contributed by atoms with Crippen LogP contribution in [-0.4, -0.2) is 77.0 Å². The number of likely N-dealkylation sites (N-methyl/N-ethyl adjacent to an activating group) is 3. The third-order valence-electron chi connectivity index (χ3n) is 3.08. The number of fused-ring (bicyclic) bond motifs is 1. The molecule has 0 aromatic rings. The van der Waals surface area contributed by atoms with Crippen molar-refractivity contribution in [3.8, 4) is 0 Å². The Morgan fingerprint density at radius 1 is 1.00 bits per heavy atom. The van der Waals surface area contributed by atoms with Crippen LogP contribution >= 0.6 is 0 Å². The molecule has 2 heterocycles. The van der Waals surface area contributed by atoms with Gasteiger partial charge >= 0.3 is 12.1 Å². The van der Waals surface area contributed by atoms with Crippen LogP contribution in [0.3, 0.4) is 0 Å². The predicted molar refractivity (Wildman–Crippen MR) is 50.6 cm³/mol. The minimum Gasteiger partial charge on any atom is -0.376 e. The van der Waals surface area contributed by atoms with Gasteiger partial charge in [0.1, 0.15) is 12.9 Å². The van der Waals surface area contributed by atoms with Gasteiger partial charge in [-0.2, -0.15) is 0 Å². The molecule has 7 heteroatoms. The fourth-order valence-electron chi connectivity index (χ4n) is 2.28. The summed E-state index contributed by atoms with van der Waals surface area (Å²) in [7, 11) is 4.89. The van der Waals surface area contributed by atoms with Gasteiger partial charge in [-0.3, -0.25) is 4.90 Å². The summed E-state index contributed by atoms with van der Waals surface area (Å²) < 4.78 is 0. The molecule has 2 saturated heterocycles. The number of aliphatic hydroxyl groups is 1. The molecule has 0 bridgehead atoms. The minimum absolute atomic E-state index is 0.150. The maximum atomic E-state index is 11.7. The predicted octanol–water partition coefficient (Wildman–Crippen LogP) is -1.05. The van der Waals surface area contributed by atoms with Crippen LogP contribution in [0.5, 0.6) is 0 Å². The lowest BCUT2D eigenvalue weighted by Gasteiger charge is -2.24. The van der Waals surface area contributed by atoms with E-state index in [-0.39, 0.29) is 25.0 Å². The van der Waals surface area contributed by atoms with Crippen LogP contribution in [0, 0.1) is 0 Å². The molecular weight excluding hydrogens is 200 g/mol. The zero-order valence-electron chi connectivity index (χ0n) is 8.91. The average Bonchev–Trinajstić information content (AvgIpc) is 2.59. The van der Waals surface area contributed by atoms with Gasteiger partial charge in [-0.25, -0.2) is 9.59 Å². The van der Waals surface area contributed by atoms with E-state index in [0.717, 1.165) is 0 Å². The third-order valence-corrected chi connectivity index (χ3v) is 3.08. The molecule has 15 heavy (non-hydrogen) atoms. The average molecular weight is 214 g/mol. The summed E-state index contributed by atoms with van der Waals surface area (Å²) in [5.74, 6) is 0. The van der Waals surface area contributed by atoms with Crippen molar-refractivity contribution < 1.29 is 14.7 Å². The summed E-state index contributed by atoms with van der Waals surface area (Å²) in [4.78, 5) is 29.0. The molecule has 0 radical (unpaired) electrons. The first-order chi connectivity index (χ1) is 7.00. The zero-order valence-corrected chi connectivity index (χ0v) is 8.91. The fraction of sp³-hybridized carbons (Fsp3) is 0.750. The molecule has 0 saturated carbocycles. The highest BCUT2D eigenvalue weighted by Gasteiger charge is 2.55. The normalized spacial score (nSPS) is 30.7. The largest absolute Gasteiger partial charge is 0.376 e. The molecule has 7 nitrogen and oxygen atoms in total. The number of nitrogens with zero attached hydrogens (tertiary/aromatic N) is 4. The second kappa shape index (κ2) is 2.99. The Balaban J connectivity index is 2.38. The Hall–Kier alpha value is -1.50. The Labute approximate surface area is 87.4 Å². The molecule has 84 valence electrons. The molecule has 2 aliphatic heterocycles. The number of aliphatic hydroxyl groups excluding tert-OH is 1. The van der Waals surface area contributed by atoms with Gasteiger partial charge in [0.05, 0.1) is 0 Å². The fourth-order valence-corrected chi connectivity index (χ4v) is 2.28. The SMILES string of the molecule is CN1C(=O)N(C)[C@H]2[C@@H]1N(C)C(=O)N2CO. The third kappa shape index (κ3) is 1.03. The lowest BCUT2D eigenvalue weighted by molar-refractivity contribution is 0.0707. The molecule has 2 aliphatic rings. The lowest BCUT2D eigenvalue weighted by atomic mass is 10.4. The van der Waals surface area contributed by atoms with Crippen LogP contribution in [0.2, 0.25) is 0 Å². The number of urea groups is 2. The summed E-state index contributed by atoms with van der Waals surface area (Å²) in [6.07, 6.45) is -0.716. The maximum Gasteiger partial charge on any atom is 0.325 e. The van der Waals surface area contributed by atoms with Gasteiger partial charge in [-0.15, -0.1) is 0 Å². The zero-order chi connectivity index (χ0) is 11.3. The van der Waals surface area contributed by atoms with Crippen LogP contribution in [0.1, 0.15) is 0 Å². The number of carbonyl (C=O) groups excluding carboxylic acids is 2. The van der Waals surface area contributed by atoms with E-state index < -0.39 is 6.17 Å². The van der Waals surface area contributed by atoms with Crippen LogP contribution < -0.4 is 0 Å². The van der Waals surface area contributed by atoms with Crippen LogP contribution in [-0.2, 0) is 0 Å². The quantitative estimate of drug-likeness (QED) is 0.606. The molecule has 2 rings (SSSR count). The van der Waals surface area contributed by atoms with Crippen LogP contribution in [0.15, 0.2) is 0 Å². The summed E-state index contributed by atoms with van der Waals surface area (Å²) in [5, 5.41) is 9.11. The number of amides is 4. The maximum absolute atomic E-state index is 11.7. The summed E-state index contributed by atoms with van der Waals surface area (Å²) in [5.41, 5.74) is 0. The van der Waals surface area contributed by atoms with Gasteiger partial charge in [-0.1, -0.05) is 0 Å². The van der Waals surface area contributed by atoms with Gasteiger partial charge < -0.3 is 19.8 Å². The monoisotopic (exact) mass is 214 g/mol. The minimum atomic E-state index is -0.398. The Bertz CT molecular complexity index is 321. The molecular formula is C8H14N4O3. The smallest absolute Gasteiger partial charge is 0.325 e. The Morgan fingerprint density at radius 2 is 1.47 bits per heavy atom. The van der Waals surface area contributed by atoms with E-state index in [1.54, 1.807) is 21.1 Å². The molecule has 0 unspecified atom stereocenters. The standard InChI is InChI=1S/C8H14N4O3/c1-9-5-6(11(3)7(9)14)12(4-13)8(15)10(5)2/h5-6,13H,4H2,1-3H3/t5-,6+/m0/s1. The first-order valence-electron chi connectivity index (χ1n) is 4.64. The van der Waals surface area contributed by atoms with Crippen molar-refractivity contribution in [1.82, 2.24) is 19.6 Å². The highest BCUT2D eigenvalue weighted by molar-refractivity contribution is 5.84. The van der Waals surface area contributed by atoms with E-state index in [1.807, 2.05) is 0 Å². The van der Waals surface area contributed by atoms with Gasteiger partial charge in [0.15, 0.2) is 6.17 Å². The van der Waals surface area contributed by atoms with E-state index in [1.165, 1.54) is 19.6 Å². The van der Waals surface area contributed by atoms with E-state index in [2.05, 4.69) is 0 Å². The Morgan fingerprint density at radius 3 is 2.00 bits per heavy atom. The number of carbonyl (C=O) groups is 2. The van der Waals surface area contributed by atoms with Gasteiger partial charge in [0.25, 0.3) is 0 Å². The van der Waals surface area contributed by atoms with E-state index >= 15 is 0 Å². The first kappa shape index (κ1) is 10.0. The highest BCUT2D eigenvalue weighted by atomic mass is 16.3. The van der Waals surface area contributed by atoms with E-state index in [0.29, 0.717) is 0 Å². The van der Waals surface area contributed by atoms with E-state index in [9.17, 15) is 9.59 Å². The molecule has 0 aliphatic carbocycles. The highest BCUT2D eigenvalue weighted by Crippen LogP contribution is 2.31. The van der Waals surface area contributed by atoms with Crippen molar-refractivity contribution in [2.75, 3.05) is 27.9 Å². The molecule has 1 N–H and O–H groups in total. The van der Waals surface area contributed by atoms with E-state index in [4.69, 9.17) is 5.11 Å². The van der Waals surface area contributed by atoms with Crippen LogP contribution in [0.25, 0.3) is 0 Å². The van der Waals surface area contributed by atoms with Crippen molar-refractivity contribution in [2.45, 2.75) is 12.3 Å². The van der Waals surface area contributed by atoms with Gasteiger partial charge in [0.2, 0.25) is 0 Å².